The van der Waals surface area contributed by atoms with E-state index < -0.39 is 0 Å². The average molecular weight is 447 g/mol. The number of nitrogens with zero attached hydrogens (tertiary/aromatic N) is 3. The largest absolute Gasteiger partial charge is 0.383 e. The fourth-order valence-electron chi connectivity index (χ4n) is 4.57. The van der Waals surface area contributed by atoms with Gasteiger partial charge in [-0.15, -0.1) is 0 Å². The van der Waals surface area contributed by atoms with E-state index in [4.69, 9.17) is 19.9 Å². The average Bonchev–Trinajstić information content (AvgIpc) is 2.85. The Hall–Kier alpha value is -2.23. The molecule has 1 aromatic rings. The Labute approximate surface area is 189 Å². The van der Waals surface area contributed by atoms with Gasteiger partial charge in [-0.05, 0) is 44.2 Å². The van der Waals surface area contributed by atoms with Gasteiger partial charge >= 0.3 is 0 Å². The molecule has 1 atom stereocenters. The first-order chi connectivity index (χ1) is 15.6. The van der Waals surface area contributed by atoms with E-state index in [0.717, 1.165) is 44.4 Å². The summed E-state index contributed by atoms with van der Waals surface area (Å²) < 4.78 is 16.6. The molecule has 9 nitrogen and oxygen atoms in total. The lowest BCUT2D eigenvalue weighted by Gasteiger charge is -2.32. The molecule has 0 radical (unpaired) electrons. The third-order valence-corrected chi connectivity index (χ3v) is 6.54. The fourth-order valence-corrected chi connectivity index (χ4v) is 4.57. The molecule has 176 valence electrons. The van der Waals surface area contributed by atoms with Gasteiger partial charge < -0.3 is 29.7 Å². The third-order valence-electron chi connectivity index (χ3n) is 6.54. The van der Waals surface area contributed by atoms with E-state index in [2.05, 4.69) is 4.98 Å². The molecular formula is C23H34N4O5. The van der Waals surface area contributed by atoms with Gasteiger partial charge in [0.15, 0.2) is 0 Å². The first-order valence-corrected chi connectivity index (χ1v) is 11.7. The fraction of sp³-hybridized carbons (Fsp3) is 0.696. The summed E-state index contributed by atoms with van der Waals surface area (Å²) >= 11 is 0. The molecule has 4 heterocycles. The Balaban J connectivity index is 1.24. The Morgan fingerprint density at radius 1 is 1.03 bits per heavy atom. The molecule has 0 saturated carbocycles. The number of nitrogen functional groups attached to an aromatic ring is 1. The molecule has 1 unspecified atom stereocenters. The maximum Gasteiger partial charge on any atom is 0.257 e. The molecule has 9 heteroatoms. The number of carbonyl (C=O) groups excluding carboxylic acids is 2. The highest BCUT2D eigenvalue weighted by molar-refractivity contribution is 5.98. The third kappa shape index (κ3) is 5.76. The number of nitrogens with two attached hydrogens (primary N) is 1. The van der Waals surface area contributed by atoms with E-state index in [1.807, 2.05) is 11.0 Å². The van der Waals surface area contributed by atoms with Crippen LogP contribution in [0.15, 0.2) is 12.1 Å². The summed E-state index contributed by atoms with van der Waals surface area (Å²) in [6.45, 7) is 4.96. The molecule has 3 saturated heterocycles. The molecule has 4 rings (SSSR count). The van der Waals surface area contributed by atoms with E-state index in [1.165, 1.54) is 0 Å². The summed E-state index contributed by atoms with van der Waals surface area (Å²) in [5.41, 5.74) is 7.48. The summed E-state index contributed by atoms with van der Waals surface area (Å²) in [6.07, 6.45) is 5.04. The number of hydrogen-bond donors (Lipinski definition) is 1. The van der Waals surface area contributed by atoms with Crippen LogP contribution in [0.3, 0.4) is 0 Å². The van der Waals surface area contributed by atoms with E-state index in [1.54, 1.807) is 11.0 Å². The van der Waals surface area contributed by atoms with Gasteiger partial charge in [0.2, 0.25) is 5.91 Å². The zero-order valence-corrected chi connectivity index (χ0v) is 18.7. The molecule has 2 amide bonds. The predicted molar refractivity (Wildman–Crippen MR) is 118 cm³/mol. The van der Waals surface area contributed by atoms with Crippen molar-refractivity contribution in [3.8, 4) is 0 Å². The molecule has 3 aliphatic heterocycles. The van der Waals surface area contributed by atoms with Crippen molar-refractivity contribution >= 4 is 17.6 Å². The van der Waals surface area contributed by atoms with Gasteiger partial charge in [0.05, 0.1) is 31.5 Å². The van der Waals surface area contributed by atoms with Crippen LogP contribution >= 0.6 is 0 Å². The first-order valence-electron chi connectivity index (χ1n) is 11.7. The Bertz CT molecular complexity index is 785. The predicted octanol–water partition coefficient (Wildman–Crippen LogP) is 1.43. The number of likely N-dealkylation sites (tertiary alicyclic amines) is 1. The highest BCUT2D eigenvalue weighted by Crippen LogP contribution is 2.28. The number of amides is 2. The maximum atomic E-state index is 12.7. The van der Waals surface area contributed by atoms with Gasteiger partial charge in [0.1, 0.15) is 12.4 Å². The lowest BCUT2D eigenvalue weighted by atomic mass is 9.92. The van der Waals surface area contributed by atoms with Crippen LogP contribution in [0.4, 0.5) is 5.82 Å². The van der Waals surface area contributed by atoms with Gasteiger partial charge in [0.25, 0.3) is 5.91 Å². The summed E-state index contributed by atoms with van der Waals surface area (Å²) in [6, 6.07) is 3.69. The quantitative estimate of drug-likeness (QED) is 0.704. The number of carbonyl (C=O) groups is 2. The number of morpholine rings is 1. The Kier molecular flexibility index (Phi) is 7.94. The Morgan fingerprint density at radius 2 is 1.81 bits per heavy atom. The van der Waals surface area contributed by atoms with E-state index in [9.17, 15) is 9.59 Å². The number of anilines is 1. The molecular weight excluding hydrogens is 412 g/mol. The monoisotopic (exact) mass is 446 g/mol. The van der Waals surface area contributed by atoms with Gasteiger partial charge in [-0.1, -0.05) is 0 Å². The van der Waals surface area contributed by atoms with Crippen LogP contribution in [0.25, 0.3) is 0 Å². The van der Waals surface area contributed by atoms with Crippen LogP contribution in [-0.4, -0.2) is 91.9 Å². The summed E-state index contributed by atoms with van der Waals surface area (Å²) in [4.78, 5) is 33.3. The van der Waals surface area contributed by atoms with Crippen molar-refractivity contribution in [2.24, 2.45) is 0 Å². The van der Waals surface area contributed by atoms with Crippen LogP contribution in [0.1, 0.15) is 54.1 Å². The number of aromatic nitrogens is 1. The van der Waals surface area contributed by atoms with Crippen molar-refractivity contribution < 1.29 is 23.8 Å². The molecule has 2 N–H and O–H groups in total. The number of hydrogen-bond acceptors (Lipinski definition) is 7. The zero-order chi connectivity index (χ0) is 22.3. The lowest BCUT2D eigenvalue weighted by Crippen LogP contribution is -2.41. The minimum atomic E-state index is -0.0936. The molecule has 32 heavy (non-hydrogen) atoms. The van der Waals surface area contributed by atoms with Crippen LogP contribution in [0.5, 0.6) is 0 Å². The van der Waals surface area contributed by atoms with Crippen molar-refractivity contribution in [2.45, 2.75) is 44.1 Å². The first kappa shape index (κ1) is 22.9. The Morgan fingerprint density at radius 3 is 2.50 bits per heavy atom. The van der Waals surface area contributed by atoms with E-state index in [0.29, 0.717) is 51.6 Å². The van der Waals surface area contributed by atoms with Crippen LogP contribution in [0, 0.1) is 0 Å². The molecule has 0 spiro atoms. The van der Waals surface area contributed by atoms with Crippen LogP contribution in [-0.2, 0) is 19.0 Å². The standard InChI is InChI=1S/C23H34N4O5/c24-22-19(23(29)27-10-13-30-14-11-27)4-5-20(25-22)17-6-8-26(9-7-17)21(28)16-31-15-18-3-1-2-12-32-18/h4-5,17-18H,1-3,6-16H2,(H2,24,25). The molecule has 0 bridgehead atoms. The molecule has 0 aromatic carbocycles. The number of piperidine rings is 1. The number of pyridine rings is 1. The highest BCUT2D eigenvalue weighted by atomic mass is 16.5. The zero-order valence-electron chi connectivity index (χ0n) is 18.7. The SMILES string of the molecule is Nc1nc(C2CCN(C(=O)COCC3CCCCO3)CC2)ccc1C(=O)N1CCOCC1. The van der Waals surface area contributed by atoms with Gasteiger partial charge in [-0.3, -0.25) is 9.59 Å². The molecule has 0 aliphatic carbocycles. The van der Waals surface area contributed by atoms with Crippen molar-refractivity contribution in [3.63, 3.8) is 0 Å². The van der Waals surface area contributed by atoms with E-state index in [-0.39, 0.29) is 36.3 Å². The topological polar surface area (TPSA) is 107 Å². The molecule has 3 fully saturated rings. The normalized spacial score (nSPS) is 22.7. The summed E-state index contributed by atoms with van der Waals surface area (Å²) in [5, 5.41) is 0. The lowest BCUT2D eigenvalue weighted by molar-refractivity contribution is -0.139. The minimum absolute atomic E-state index is 0.0261. The smallest absolute Gasteiger partial charge is 0.257 e. The maximum absolute atomic E-state index is 12.7. The van der Waals surface area contributed by atoms with Crippen LogP contribution < -0.4 is 5.73 Å². The van der Waals surface area contributed by atoms with Gasteiger partial charge in [-0.2, -0.15) is 0 Å². The van der Waals surface area contributed by atoms with E-state index >= 15 is 0 Å². The van der Waals surface area contributed by atoms with Crippen molar-refractivity contribution in [3.05, 3.63) is 23.4 Å². The second-order valence-corrected chi connectivity index (χ2v) is 8.73. The second-order valence-electron chi connectivity index (χ2n) is 8.73. The van der Waals surface area contributed by atoms with Crippen molar-refractivity contribution in [1.82, 2.24) is 14.8 Å². The highest BCUT2D eigenvalue weighted by Gasteiger charge is 2.27. The second kappa shape index (κ2) is 11.1. The molecule has 3 aliphatic rings. The van der Waals surface area contributed by atoms with Crippen LogP contribution in [0.2, 0.25) is 0 Å². The van der Waals surface area contributed by atoms with Gasteiger partial charge in [0, 0.05) is 44.4 Å². The summed E-state index contributed by atoms with van der Waals surface area (Å²) in [7, 11) is 0. The number of rotatable bonds is 6. The molecule has 1 aromatic heterocycles. The number of ether oxygens (including phenoxy) is 3. The summed E-state index contributed by atoms with van der Waals surface area (Å²) in [5.74, 6) is 0.434. The minimum Gasteiger partial charge on any atom is -0.383 e. The van der Waals surface area contributed by atoms with Crippen molar-refractivity contribution in [1.29, 1.82) is 0 Å². The van der Waals surface area contributed by atoms with Crippen molar-refractivity contribution in [2.75, 3.05) is 64.9 Å². The van der Waals surface area contributed by atoms with Gasteiger partial charge in [-0.25, -0.2) is 4.98 Å².